The van der Waals surface area contributed by atoms with E-state index in [4.69, 9.17) is 0 Å². The van der Waals surface area contributed by atoms with Crippen LogP contribution < -0.4 is 5.32 Å². The molecule has 0 radical (unpaired) electrons. The van der Waals surface area contributed by atoms with Gasteiger partial charge < -0.3 is 10.4 Å². The third kappa shape index (κ3) is 4.14. The van der Waals surface area contributed by atoms with Crippen LogP contribution in [0.3, 0.4) is 0 Å². The van der Waals surface area contributed by atoms with E-state index in [1.165, 1.54) is 24.0 Å². The zero-order valence-corrected chi connectivity index (χ0v) is 10.9. The number of aliphatic hydroxyl groups is 1. The second-order valence-electron chi connectivity index (χ2n) is 5.81. The molecule has 0 spiro atoms. The molecule has 1 saturated heterocycles. The standard InChI is InChI=1S/C15H23NO/c1-15(2,17)11-13-6-3-5-12(9-13)10-14-7-4-8-16-14/h3,5-6,9,14,16-17H,4,7-8,10-11H2,1-2H3. The average Bonchev–Trinajstić information content (AvgIpc) is 2.68. The summed E-state index contributed by atoms with van der Waals surface area (Å²) in [6.07, 6.45) is 4.42. The van der Waals surface area contributed by atoms with Crippen molar-refractivity contribution in [1.82, 2.24) is 5.32 Å². The summed E-state index contributed by atoms with van der Waals surface area (Å²) in [5, 5.41) is 13.4. The Balaban J connectivity index is 2.00. The Bertz CT molecular complexity index is 361. The van der Waals surface area contributed by atoms with Crippen molar-refractivity contribution in [3.8, 4) is 0 Å². The van der Waals surface area contributed by atoms with E-state index in [9.17, 15) is 5.11 Å². The number of hydrogen-bond acceptors (Lipinski definition) is 2. The molecule has 1 aromatic carbocycles. The number of rotatable bonds is 4. The topological polar surface area (TPSA) is 32.3 Å². The van der Waals surface area contributed by atoms with Gasteiger partial charge in [-0.3, -0.25) is 0 Å². The Morgan fingerprint density at radius 2 is 2.12 bits per heavy atom. The lowest BCUT2D eigenvalue weighted by Crippen LogP contribution is -2.24. The van der Waals surface area contributed by atoms with Gasteiger partial charge in [-0.1, -0.05) is 24.3 Å². The summed E-state index contributed by atoms with van der Waals surface area (Å²) in [6.45, 7) is 4.88. The van der Waals surface area contributed by atoms with E-state index >= 15 is 0 Å². The van der Waals surface area contributed by atoms with Crippen LogP contribution >= 0.6 is 0 Å². The number of benzene rings is 1. The molecule has 0 aromatic heterocycles. The predicted molar refractivity (Wildman–Crippen MR) is 71.2 cm³/mol. The maximum atomic E-state index is 9.83. The van der Waals surface area contributed by atoms with E-state index in [1.54, 1.807) is 0 Å². The molecule has 1 aliphatic rings. The largest absolute Gasteiger partial charge is 0.390 e. The van der Waals surface area contributed by atoms with Gasteiger partial charge in [-0.25, -0.2) is 0 Å². The molecule has 1 fully saturated rings. The molecule has 1 aromatic rings. The van der Waals surface area contributed by atoms with Gasteiger partial charge in [0, 0.05) is 12.5 Å². The smallest absolute Gasteiger partial charge is 0.0631 e. The summed E-state index contributed by atoms with van der Waals surface area (Å²) in [7, 11) is 0. The summed E-state index contributed by atoms with van der Waals surface area (Å²) in [4.78, 5) is 0. The first-order valence-corrected chi connectivity index (χ1v) is 6.56. The first-order valence-electron chi connectivity index (χ1n) is 6.56. The van der Waals surface area contributed by atoms with Crippen LogP contribution in [-0.2, 0) is 12.8 Å². The summed E-state index contributed by atoms with van der Waals surface area (Å²) in [6, 6.07) is 9.27. The van der Waals surface area contributed by atoms with Gasteiger partial charge in [0.2, 0.25) is 0 Å². The van der Waals surface area contributed by atoms with Crippen molar-refractivity contribution in [3.63, 3.8) is 0 Å². The molecule has 17 heavy (non-hydrogen) atoms. The third-order valence-corrected chi connectivity index (χ3v) is 3.27. The predicted octanol–water partition coefficient (Wildman–Crippen LogP) is 2.29. The van der Waals surface area contributed by atoms with Crippen LogP contribution in [0.25, 0.3) is 0 Å². The van der Waals surface area contributed by atoms with Crippen LogP contribution in [0.5, 0.6) is 0 Å². The van der Waals surface area contributed by atoms with Gasteiger partial charge in [-0.15, -0.1) is 0 Å². The zero-order chi connectivity index (χ0) is 12.3. The lowest BCUT2D eigenvalue weighted by atomic mass is 9.95. The highest BCUT2D eigenvalue weighted by Gasteiger charge is 2.16. The van der Waals surface area contributed by atoms with E-state index in [0.29, 0.717) is 6.04 Å². The number of hydrogen-bond donors (Lipinski definition) is 2. The molecule has 0 bridgehead atoms. The summed E-state index contributed by atoms with van der Waals surface area (Å²) >= 11 is 0. The molecule has 2 N–H and O–H groups in total. The molecule has 1 aliphatic heterocycles. The molecule has 0 saturated carbocycles. The molecule has 0 amide bonds. The highest BCUT2D eigenvalue weighted by Crippen LogP contribution is 2.17. The van der Waals surface area contributed by atoms with Crippen molar-refractivity contribution in [2.45, 2.75) is 51.2 Å². The van der Waals surface area contributed by atoms with E-state index in [-0.39, 0.29) is 0 Å². The van der Waals surface area contributed by atoms with Crippen LogP contribution in [0.2, 0.25) is 0 Å². The second-order valence-corrected chi connectivity index (χ2v) is 5.81. The Labute approximate surface area is 104 Å². The molecule has 2 nitrogen and oxygen atoms in total. The molecule has 0 aliphatic carbocycles. The van der Waals surface area contributed by atoms with Gasteiger partial charge >= 0.3 is 0 Å². The van der Waals surface area contributed by atoms with Gasteiger partial charge in [0.15, 0.2) is 0 Å². The SMILES string of the molecule is CC(C)(O)Cc1cccc(CC2CCCN2)c1. The molecule has 2 heteroatoms. The minimum Gasteiger partial charge on any atom is -0.390 e. The molecule has 1 heterocycles. The van der Waals surface area contributed by atoms with Crippen molar-refractivity contribution in [2.75, 3.05) is 6.54 Å². The molecule has 1 unspecified atom stereocenters. The molecule has 94 valence electrons. The van der Waals surface area contributed by atoms with Crippen molar-refractivity contribution in [1.29, 1.82) is 0 Å². The fourth-order valence-electron chi connectivity index (χ4n) is 2.58. The normalized spacial score (nSPS) is 20.8. The highest BCUT2D eigenvalue weighted by molar-refractivity contribution is 5.25. The Morgan fingerprint density at radius 3 is 2.76 bits per heavy atom. The maximum Gasteiger partial charge on any atom is 0.0631 e. The maximum absolute atomic E-state index is 9.83. The van der Waals surface area contributed by atoms with Crippen molar-refractivity contribution < 1.29 is 5.11 Å². The summed E-state index contributed by atoms with van der Waals surface area (Å²) < 4.78 is 0. The summed E-state index contributed by atoms with van der Waals surface area (Å²) in [5.41, 5.74) is 1.99. The van der Waals surface area contributed by atoms with Crippen LogP contribution in [0.4, 0.5) is 0 Å². The van der Waals surface area contributed by atoms with E-state index < -0.39 is 5.60 Å². The minimum absolute atomic E-state index is 0.621. The average molecular weight is 233 g/mol. The van der Waals surface area contributed by atoms with Crippen molar-refractivity contribution in [2.24, 2.45) is 0 Å². The van der Waals surface area contributed by atoms with Crippen LogP contribution in [0.15, 0.2) is 24.3 Å². The fraction of sp³-hybridized carbons (Fsp3) is 0.600. The van der Waals surface area contributed by atoms with Crippen molar-refractivity contribution >= 4 is 0 Å². The van der Waals surface area contributed by atoms with Crippen LogP contribution in [0, 0.1) is 0 Å². The van der Waals surface area contributed by atoms with Gasteiger partial charge in [0.25, 0.3) is 0 Å². The molecular formula is C15H23NO. The van der Waals surface area contributed by atoms with E-state index in [2.05, 4.69) is 29.6 Å². The Hall–Kier alpha value is -0.860. The Kier molecular flexibility index (Phi) is 3.85. The van der Waals surface area contributed by atoms with E-state index in [1.807, 2.05) is 13.8 Å². The monoisotopic (exact) mass is 233 g/mol. The lowest BCUT2D eigenvalue weighted by molar-refractivity contribution is 0.0810. The first-order chi connectivity index (χ1) is 8.03. The molecular weight excluding hydrogens is 210 g/mol. The fourth-order valence-corrected chi connectivity index (χ4v) is 2.58. The highest BCUT2D eigenvalue weighted by atomic mass is 16.3. The van der Waals surface area contributed by atoms with Crippen molar-refractivity contribution in [3.05, 3.63) is 35.4 Å². The van der Waals surface area contributed by atoms with Gasteiger partial charge in [0.1, 0.15) is 0 Å². The van der Waals surface area contributed by atoms with E-state index in [0.717, 1.165) is 19.4 Å². The van der Waals surface area contributed by atoms with Crippen LogP contribution in [-0.4, -0.2) is 23.3 Å². The first kappa shape index (κ1) is 12.6. The minimum atomic E-state index is -0.621. The van der Waals surface area contributed by atoms with Crippen LogP contribution in [0.1, 0.15) is 37.8 Å². The van der Waals surface area contributed by atoms with Gasteiger partial charge in [-0.05, 0) is 50.8 Å². The number of nitrogens with one attached hydrogen (secondary N) is 1. The second kappa shape index (κ2) is 5.19. The summed E-state index contributed by atoms with van der Waals surface area (Å²) in [5.74, 6) is 0. The quantitative estimate of drug-likeness (QED) is 0.836. The molecule has 2 rings (SSSR count). The lowest BCUT2D eigenvalue weighted by Gasteiger charge is -2.18. The van der Waals surface area contributed by atoms with Gasteiger partial charge in [-0.2, -0.15) is 0 Å². The zero-order valence-electron chi connectivity index (χ0n) is 10.9. The molecule has 1 atom stereocenters. The Morgan fingerprint density at radius 1 is 1.35 bits per heavy atom. The van der Waals surface area contributed by atoms with Gasteiger partial charge in [0.05, 0.1) is 5.60 Å². The third-order valence-electron chi connectivity index (χ3n) is 3.27.